The monoisotopic (exact) mass is 285 g/mol. The van der Waals surface area contributed by atoms with Crippen LogP contribution in [0.5, 0.6) is 0 Å². The number of amides is 1. The summed E-state index contributed by atoms with van der Waals surface area (Å²) in [7, 11) is 0. The molecule has 3 aromatic rings. The number of rotatable bonds is 5. The summed E-state index contributed by atoms with van der Waals surface area (Å²) in [6, 6.07) is 10.8. The number of hydrogen-bond donors (Lipinski definition) is 2. The maximum atomic E-state index is 11.9. The Kier molecular flexibility index (Phi) is 3.59. The van der Waals surface area contributed by atoms with E-state index in [0.29, 0.717) is 25.3 Å². The van der Waals surface area contributed by atoms with Gasteiger partial charge in [0, 0.05) is 13.1 Å². The van der Waals surface area contributed by atoms with E-state index in [2.05, 4.69) is 10.3 Å². The smallest absolute Gasteiger partial charge is 0.326 e. The Morgan fingerprint density at radius 3 is 2.90 bits per heavy atom. The van der Waals surface area contributed by atoms with Crippen LogP contribution in [0.25, 0.3) is 11.0 Å². The van der Waals surface area contributed by atoms with Gasteiger partial charge < -0.3 is 14.7 Å². The van der Waals surface area contributed by atoms with Gasteiger partial charge in [0.05, 0.1) is 17.3 Å². The first-order valence-corrected chi connectivity index (χ1v) is 6.75. The van der Waals surface area contributed by atoms with Crippen molar-refractivity contribution < 1.29 is 9.21 Å². The summed E-state index contributed by atoms with van der Waals surface area (Å²) >= 11 is 0. The third kappa shape index (κ3) is 2.74. The standard InChI is InChI=1S/C15H15N3O3/c19-14(13-7-3-10-21-13)16-8-4-9-18-12-6-2-1-5-11(12)17-15(18)20/h1-3,5-7,10H,4,8-9H2,(H,16,19)(H,17,20). The van der Waals surface area contributed by atoms with Crippen molar-refractivity contribution in [1.82, 2.24) is 14.9 Å². The summed E-state index contributed by atoms with van der Waals surface area (Å²) < 4.78 is 6.68. The lowest BCUT2D eigenvalue weighted by atomic mass is 10.3. The Labute approximate surface area is 120 Å². The largest absolute Gasteiger partial charge is 0.459 e. The minimum Gasteiger partial charge on any atom is -0.459 e. The van der Waals surface area contributed by atoms with Crippen molar-refractivity contribution in [2.24, 2.45) is 0 Å². The highest BCUT2D eigenvalue weighted by Gasteiger charge is 2.08. The first-order valence-electron chi connectivity index (χ1n) is 6.75. The molecular weight excluding hydrogens is 270 g/mol. The molecule has 6 nitrogen and oxygen atoms in total. The normalized spacial score (nSPS) is 10.9. The zero-order valence-corrected chi connectivity index (χ0v) is 11.3. The molecule has 21 heavy (non-hydrogen) atoms. The molecule has 1 amide bonds. The molecule has 0 saturated carbocycles. The van der Waals surface area contributed by atoms with Crippen molar-refractivity contribution in [1.29, 1.82) is 0 Å². The van der Waals surface area contributed by atoms with Crippen LogP contribution in [0.1, 0.15) is 17.0 Å². The molecule has 6 heteroatoms. The third-order valence-corrected chi connectivity index (χ3v) is 3.27. The number of benzene rings is 1. The van der Waals surface area contributed by atoms with E-state index < -0.39 is 0 Å². The minimum atomic E-state index is -0.244. The summed E-state index contributed by atoms with van der Waals surface area (Å²) in [5.41, 5.74) is 1.57. The summed E-state index contributed by atoms with van der Waals surface area (Å²) in [6.45, 7) is 1.02. The van der Waals surface area contributed by atoms with Crippen LogP contribution < -0.4 is 11.0 Å². The van der Waals surface area contributed by atoms with E-state index in [9.17, 15) is 9.59 Å². The molecule has 0 aliphatic carbocycles. The van der Waals surface area contributed by atoms with Gasteiger partial charge in [-0.05, 0) is 30.7 Å². The number of aryl methyl sites for hydroxylation is 1. The second-order valence-corrected chi connectivity index (χ2v) is 4.69. The average Bonchev–Trinajstić information content (AvgIpc) is 3.11. The summed E-state index contributed by atoms with van der Waals surface area (Å²) in [6.07, 6.45) is 2.12. The number of nitrogens with one attached hydrogen (secondary N) is 2. The molecule has 0 spiro atoms. The zero-order valence-electron chi connectivity index (χ0n) is 11.3. The topological polar surface area (TPSA) is 80.0 Å². The van der Waals surface area contributed by atoms with Crippen molar-refractivity contribution >= 4 is 16.9 Å². The van der Waals surface area contributed by atoms with Crippen LogP contribution in [0, 0.1) is 0 Å². The Hall–Kier alpha value is -2.76. The fourth-order valence-electron chi connectivity index (χ4n) is 2.26. The maximum Gasteiger partial charge on any atom is 0.326 e. The highest BCUT2D eigenvalue weighted by atomic mass is 16.3. The van der Waals surface area contributed by atoms with Gasteiger partial charge in [-0.2, -0.15) is 0 Å². The molecule has 2 aromatic heterocycles. The van der Waals surface area contributed by atoms with Gasteiger partial charge in [-0.25, -0.2) is 4.79 Å². The SMILES string of the molecule is O=C(NCCCn1c(=O)[nH]c2ccccc21)c1ccco1. The molecule has 1 aromatic carbocycles. The number of carbonyl (C=O) groups is 1. The van der Waals surface area contributed by atoms with Crippen LogP contribution in [-0.2, 0) is 6.54 Å². The number of fused-ring (bicyclic) bond motifs is 1. The lowest BCUT2D eigenvalue weighted by Gasteiger charge is -2.05. The Bertz CT molecular complexity index is 799. The van der Waals surface area contributed by atoms with Crippen molar-refractivity contribution in [3.8, 4) is 0 Å². The number of hydrogen-bond acceptors (Lipinski definition) is 3. The molecule has 0 aliphatic rings. The van der Waals surface area contributed by atoms with E-state index in [1.165, 1.54) is 6.26 Å². The molecule has 0 radical (unpaired) electrons. The van der Waals surface area contributed by atoms with Crippen LogP contribution in [0.3, 0.4) is 0 Å². The van der Waals surface area contributed by atoms with Crippen molar-refractivity contribution in [2.45, 2.75) is 13.0 Å². The number of para-hydroxylation sites is 2. The average molecular weight is 285 g/mol. The molecule has 0 fully saturated rings. The van der Waals surface area contributed by atoms with Gasteiger partial charge in [-0.3, -0.25) is 9.36 Å². The second kappa shape index (κ2) is 5.70. The molecule has 0 unspecified atom stereocenters. The van der Waals surface area contributed by atoms with E-state index in [1.807, 2.05) is 24.3 Å². The molecule has 2 heterocycles. The lowest BCUT2D eigenvalue weighted by Crippen LogP contribution is -2.26. The highest BCUT2D eigenvalue weighted by molar-refractivity contribution is 5.91. The quantitative estimate of drug-likeness (QED) is 0.701. The van der Waals surface area contributed by atoms with Gasteiger partial charge >= 0.3 is 5.69 Å². The fourth-order valence-corrected chi connectivity index (χ4v) is 2.26. The minimum absolute atomic E-state index is 0.131. The zero-order chi connectivity index (χ0) is 14.7. The molecule has 0 aliphatic heterocycles. The van der Waals surface area contributed by atoms with Crippen LogP contribution in [0.4, 0.5) is 0 Å². The van der Waals surface area contributed by atoms with E-state index in [1.54, 1.807) is 16.7 Å². The van der Waals surface area contributed by atoms with Crippen molar-refractivity contribution in [3.05, 3.63) is 58.9 Å². The fraction of sp³-hybridized carbons (Fsp3) is 0.200. The van der Waals surface area contributed by atoms with E-state index >= 15 is 0 Å². The number of nitrogens with zero attached hydrogens (tertiary/aromatic N) is 1. The molecule has 0 atom stereocenters. The molecular formula is C15H15N3O3. The number of aromatic nitrogens is 2. The molecule has 0 saturated heterocycles. The van der Waals surface area contributed by atoms with Crippen molar-refractivity contribution in [3.63, 3.8) is 0 Å². The van der Waals surface area contributed by atoms with Gasteiger partial charge in [0.1, 0.15) is 0 Å². The van der Waals surface area contributed by atoms with Gasteiger partial charge in [0.15, 0.2) is 5.76 Å². The molecule has 108 valence electrons. The van der Waals surface area contributed by atoms with Crippen molar-refractivity contribution in [2.75, 3.05) is 6.54 Å². The number of furan rings is 1. The second-order valence-electron chi connectivity index (χ2n) is 4.69. The molecule has 0 bridgehead atoms. The van der Waals surface area contributed by atoms with Crippen LogP contribution >= 0.6 is 0 Å². The third-order valence-electron chi connectivity index (χ3n) is 3.27. The summed E-state index contributed by atoms with van der Waals surface area (Å²) in [4.78, 5) is 26.3. The van der Waals surface area contributed by atoms with E-state index in [4.69, 9.17) is 4.42 Å². The van der Waals surface area contributed by atoms with Crippen LogP contribution in [0.2, 0.25) is 0 Å². The predicted molar refractivity (Wildman–Crippen MR) is 78.2 cm³/mol. The predicted octanol–water partition coefficient (Wildman–Crippen LogP) is 1.74. The van der Waals surface area contributed by atoms with Gasteiger partial charge in [-0.1, -0.05) is 12.1 Å². The Morgan fingerprint density at radius 2 is 2.10 bits per heavy atom. The number of aromatic amines is 1. The van der Waals surface area contributed by atoms with Gasteiger partial charge in [-0.15, -0.1) is 0 Å². The summed E-state index contributed by atoms with van der Waals surface area (Å²) in [5, 5.41) is 2.76. The highest BCUT2D eigenvalue weighted by Crippen LogP contribution is 2.09. The summed E-state index contributed by atoms with van der Waals surface area (Å²) in [5.74, 6) is 0.0468. The van der Waals surface area contributed by atoms with Crippen LogP contribution in [-0.4, -0.2) is 22.0 Å². The number of carbonyl (C=O) groups excluding carboxylic acids is 1. The maximum absolute atomic E-state index is 11.9. The lowest BCUT2D eigenvalue weighted by molar-refractivity contribution is 0.0925. The van der Waals surface area contributed by atoms with Gasteiger partial charge in [0.25, 0.3) is 5.91 Å². The van der Waals surface area contributed by atoms with Gasteiger partial charge in [0.2, 0.25) is 0 Å². The van der Waals surface area contributed by atoms with Crippen LogP contribution in [0.15, 0.2) is 51.9 Å². The Balaban J connectivity index is 1.59. The van der Waals surface area contributed by atoms with E-state index in [-0.39, 0.29) is 11.6 Å². The number of imidazole rings is 1. The Morgan fingerprint density at radius 1 is 1.24 bits per heavy atom. The first kappa shape index (κ1) is 13.2. The first-order chi connectivity index (χ1) is 10.3. The molecule has 2 N–H and O–H groups in total. The number of H-pyrrole nitrogens is 1. The van der Waals surface area contributed by atoms with E-state index in [0.717, 1.165) is 11.0 Å². The molecule has 3 rings (SSSR count).